The molecule has 0 amide bonds. The number of anilines is 1. The first-order valence-corrected chi connectivity index (χ1v) is 8.08. The number of benzene rings is 1. The topological polar surface area (TPSA) is 23.6 Å². The third-order valence-corrected chi connectivity index (χ3v) is 6.34. The van der Waals surface area contributed by atoms with E-state index in [0.29, 0.717) is 9.99 Å². The summed E-state index contributed by atoms with van der Waals surface area (Å²) in [6.45, 7) is 1.92. The molecule has 1 unspecified atom stereocenters. The zero-order valence-corrected chi connectivity index (χ0v) is 13.2. The molecule has 0 radical (unpaired) electrons. The van der Waals surface area contributed by atoms with Gasteiger partial charge in [-0.25, -0.2) is 4.21 Å². The van der Waals surface area contributed by atoms with Gasteiger partial charge in [-0.05, 0) is 42.3 Å². The summed E-state index contributed by atoms with van der Waals surface area (Å²) < 4.78 is 24.9. The van der Waals surface area contributed by atoms with E-state index in [1.54, 1.807) is 12.1 Å². The largest absolute Gasteiger partial charge is 0.328 e. The Morgan fingerprint density at radius 3 is 2.11 bits per heavy atom. The van der Waals surface area contributed by atoms with Crippen molar-refractivity contribution in [3.63, 3.8) is 0 Å². The van der Waals surface area contributed by atoms with Crippen LogP contribution in [0.4, 0.5) is 10.1 Å². The summed E-state index contributed by atoms with van der Waals surface area (Å²) in [7, 11) is -0.639. The Hall–Kier alpha value is -0.140. The summed E-state index contributed by atoms with van der Waals surface area (Å²) in [6, 6.07) is 7.14. The summed E-state index contributed by atoms with van der Waals surface area (Å²) in [5.74, 6) is 0. The van der Waals surface area contributed by atoms with Gasteiger partial charge in [0.05, 0.1) is 5.69 Å². The molecule has 3 nitrogen and oxygen atoms in total. The first-order chi connectivity index (χ1) is 8.06. The second-order valence-corrected chi connectivity index (χ2v) is 8.24. The molecule has 1 atom stereocenters. The van der Waals surface area contributed by atoms with E-state index in [1.165, 1.54) is 18.4 Å². The van der Waals surface area contributed by atoms with Gasteiger partial charge in [0, 0.05) is 25.3 Å². The summed E-state index contributed by atoms with van der Waals surface area (Å²) in [5.41, 5.74) is 1.64. The summed E-state index contributed by atoms with van der Waals surface area (Å²) in [4.78, 5) is 0. The smallest absolute Gasteiger partial charge is 0.282 e. The van der Waals surface area contributed by atoms with Gasteiger partial charge in [0.25, 0.3) is 0 Å². The molecule has 0 spiro atoms. The zero-order chi connectivity index (χ0) is 14.1. The molecule has 0 aromatic heterocycles. The maximum absolute atomic E-state index is 13.4. The molecule has 0 N–H and O–H groups in total. The van der Waals surface area contributed by atoms with E-state index in [0.717, 1.165) is 5.56 Å². The van der Waals surface area contributed by atoms with Crippen molar-refractivity contribution in [2.24, 2.45) is 0 Å². The van der Waals surface area contributed by atoms with Crippen LogP contribution in [0.25, 0.3) is 0 Å². The van der Waals surface area contributed by atoms with Crippen molar-refractivity contribution >= 4 is 48.9 Å². The molecule has 0 saturated heterocycles. The van der Waals surface area contributed by atoms with Crippen LogP contribution in [0, 0.1) is 6.92 Å². The van der Waals surface area contributed by atoms with Crippen molar-refractivity contribution in [3.05, 3.63) is 29.8 Å². The number of aryl methyl sites for hydroxylation is 1. The van der Waals surface area contributed by atoms with Gasteiger partial charge in [0.15, 0.2) is 8.86 Å². The predicted molar refractivity (Wildman–Crippen MR) is 78.4 cm³/mol. The molecule has 8 heteroatoms. The van der Waals surface area contributed by atoms with Crippen LogP contribution in [0.2, 0.25) is 0 Å². The Morgan fingerprint density at radius 1 is 1.28 bits per heavy atom. The molecule has 0 heterocycles. The Kier molecular flexibility index (Phi) is 4.83. The minimum absolute atomic E-state index is 0.588. The Balaban J connectivity index is 3.10. The fourth-order valence-corrected chi connectivity index (χ4v) is 3.59. The van der Waals surface area contributed by atoms with Gasteiger partial charge in [-0.1, -0.05) is 17.7 Å². The monoisotopic (exact) mass is 330 g/mol. The molecule has 0 bridgehead atoms. The fraction of sp³-hybridized carbons (Fsp3) is 0.400. The van der Waals surface area contributed by atoms with Gasteiger partial charge in [-0.2, -0.15) is 4.39 Å². The summed E-state index contributed by atoms with van der Waals surface area (Å²) >= 11 is 15.5. The minimum atomic E-state index is -3.30. The second-order valence-electron chi connectivity index (χ2n) is 3.75. The lowest BCUT2D eigenvalue weighted by Crippen LogP contribution is -2.45. The molecule has 102 valence electrons. The van der Waals surface area contributed by atoms with Crippen LogP contribution in [-0.4, -0.2) is 27.3 Å². The number of alkyl halides is 3. The van der Waals surface area contributed by atoms with E-state index in [1.807, 2.05) is 19.1 Å². The van der Waals surface area contributed by atoms with Gasteiger partial charge in [0.1, 0.15) is 0 Å². The van der Waals surface area contributed by atoms with Gasteiger partial charge < -0.3 is 0 Å². The van der Waals surface area contributed by atoms with Gasteiger partial charge in [-0.15, -0.1) is 4.31 Å². The first-order valence-electron chi connectivity index (χ1n) is 4.93. The normalized spacial score (nSPS) is 15.5. The minimum Gasteiger partial charge on any atom is -0.282 e. The Morgan fingerprint density at radius 2 is 1.72 bits per heavy atom. The Labute approximate surface area is 121 Å². The van der Waals surface area contributed by atoms with Crippen LogP contribution in [0.15, 0.2) is 24.3 Å². The number of halogens is 3. The molecular weight excluding hydrogens is 318 g/mol. The first kappa shape index (κ1) is 15.9. The molecule has 0 aliphatic carbocycles. The third kappa shape index (κ3) is 3.45. The van der Waals surface area contributed by atoms with Crippen LogP contribution in [-0.2, 0) is 20.1 Å². The molecule has 1 aromatic rings. The molecule has 1 aromatic carbocycles. The van der Waals surface area contributed by atoms with E-state index in [9.17, 15) is 8.60 Å². The van der Waals surface area contributed by atoms with Crippen molar-refractivity contribution in [2.45, 2.75) is 11.6 Å². The van der Waals surface area contributed by atoms with E-state index < -0.39 is 13.6 Å². The fourth-order valence-electron chi connectivity index (χ4n) is 1.20. The van der Waals surface area contributed by atoms with Crippen LogP contribution in [0.1, 0.15) is 5.56 Å². The number of rotatable bonds is 4. The van der Waals surface area contributed by atoms with Crippen molar-refractivity contribution in [2.75, 3.05) is 18.4 Å². The zero-order valence-electron chi connectivity index (χ0n) is 10.1. The van der Waals surface area contributed by atoms with E-state index in [2.05, 4.69) is 0 Å². The predicted octanol–water partition coefficient (Wildman–Crippen LogP) is 3.00. The van der Waals surface area contributed by atoms with Crippen molar-refractivity contribution in [1.29, 1.82) is 0 Å². The molecule has 1 rings (SSSR count). The second kappa shape index (κ2) is 5.46. The van der Waals surface area contributed by atoms with E-state index in [-0.39, 0.29) is 0 Å². The number of hydrogen-bond acceptors (Lipinski definition) is 2. The molecular formula is C10H13Cl2FN2OS2. The van der Waals surface area contributed by atoms with Gasteiger partial charge in [-0.3, -0.25) is 4.31 Å². The van der Waals surface area contributed by atoms with Crippen LogP contribution < -0.4 is 4.31 Å². The molecule has 0 fully saturated rings. The summed E-state index contributed by atoms with van der Waals surface area (Å²) in [5, 5.41) is 0. The van der Waals surface area contributed by atoms with Crippen molar-refractivity contribution < 1.29 is 8.60 Å². The van der Waals surface area contributed by atoms with E-state index >= 15 is 0 Å². The lowest BCUT2D eigenvalue weighted by atomic mass is 10.2. The standard InChI is InChI=1S/C10H13Cl2FN2OS2/c1-8-4-6-9(7-5-8)14(2)18(16,17)15(3)10(11,12)13/h4-7H,1-3H3. The van der Waals surface area contributed by atoms with E-state index in [4.69, 9.17) is 34.4 Å². The van der Waals surface area contributed by atoms with Crippen LogP contribution in [0.5, 0.6) is 0 Å². The highest BCUT2D eigenvalue weighted by Gasteiger charge is 2.37. The van der Waals surface area contributed by atoms with Gasteiger partial charge >= 0.3 is 4.71 Å². The van der Waals surface area contributed by atoms with Crippen LogP contribution in [0.3, 0.4) is 0 Å². The highest BCUT2D eigenvalue weighted by atomic mass is 35.5. The SMILES string of the molecule is Cc1ccc(N(C)S(=O)(=S)N(C)C(F)(Cl)Cl)cc1. The lowest BCUT2D eigenvalue weighted by Gasteiger charge is -2.31. The van der Waals surface area contributed by atoms with Gasteiger partial charge in [0.2, 0.25) is 0 Å². The average Bonchev–Trinajstić information content (AvgIpc) is 2.27. The highest BCUT2D eigenvalue weighted by Crippen LogP contribution is 2.31. The van der Waals surface area contributed by atoms with Crippen LogP contribution >= 0.6 is 23.2 Å². The lowest BCUT2D eigenvalue weighted by molar-refractivity contribution is 0.242. The molecule has 18 heavy (non-hydrogen) atoms. The molecule has 0 aliphatic heterocycles. The highest BCUT2D eigenvalue weighted by molar-refractivity contribution is 8.32. The molecule has 0 aliphatic rings. The maximum Gasteiger partial charge on any atom is 0.328 e. The quantitative estimate of drug-likeness (QED) is 0.625. The number of nitrogens with zero attached hydrogens (tertiary/aromatic N) is 2. The van der Waals surface area contributed by atoms with Crippen molar-refractivity contribution in [3.8, 4) is 0 Å². The third-order valence-electron chi connectivity index (χ3n) is 2.45. The van der Waals surface area contributed by atoms with Crippen molar-refractivity contribution in [1.82, 2.24) is 4.31 Å². The molecule has 0 saturated carbocycles. The maximum atomic E-state index is 13.4. The number of hydrogen-bond donors (Lipinski definition) is 0. The summed E-state index contributed by atoms with van der Waals surface area (Å²) in [6.07, 6.45) is 0. The average molecular weight is 331 g/mol. The Bertz CT molecular complexity index is 514.